The van der Waals surface area contributed by atoms with E-state index in [0.29, 0.717) is 17.5 Å². The van der Waals surface area contributed by atoms with E-state index in [1.165, 1.54) is 41.0 Å². The predicted molar refractivity (Wildman–Crippen MR) is 91.0 cm³/mol. The molecule has 6 atom stereocenters. The molecule has 1 saturated heterocycles. The summed E-state index contributed by atoms with van der Waals surface area (Å²) in [6, 6.07) is 5.48. The summed E-state index contributed by atoms with van der Waals surface area (Å²) in [5.41, 5.74) is 0.471. The zero-order valence-corrected chi connectivity index (χ0v) is 14.3. The molecule has 2 saturated carbocycles. The number of anilines is 1. The van der Waals surface area contributed by atoms with Gasteiger partial charge in [0.1, 0.15) is 12.5 Å². The number of carbonyl (C=O) groups excluding carboxylic acids is 3. The molecule has 26 heavy (non-hydrogen) atoms. The quantitative estimate of drug-likeness (QED) is 0.618. The number of hydrogen-bond acceptors (Lipinski definition) is 3. The van der Waals surface area contributed by atoms with Crippen molar-refractivity contribution in [3.8, 4) is 0 Å². The molecule has 6 rings (SSSR count). The molecule has 1 aliphatic heterocycles. The van der Waals surface area contributed by atoms with Gasteiger partial charge in [0.05, 0.1) is 11.8 Å². The number of halogens is 1. The number of amides is 3. The maximum atomic E-state index is 13.2. The maximum Gasteiger partial charge on any atom is 0.235 e. The van der Waals surface area contributed by atoms with Crippen LogP contribution in [0.1, 0.15) is 13.3 Å². The van der Waals surface area contributed by atoms with Gasteiger partial charge in [-0.25, -0.2) is 4.39 Å². The van der Waals surface area contributed by atoms with E-state index in [2.05, 4.69) is 12.2 Å². The molecule has 0 radical (unpaired) electrons. The summed E-state index contributed by atoms with van der Waals surface area (Å²) < 4.78 is 13.2. The third-order valence-electron chi connectivity index (χ3n) is 6.56. The topological polar surface area (TPSA) is 57.7 Å². The van der Waals surface area contributed by atoms with E-state index in [1.807, 2.05) is 0 Å². The smallest absolute Gasteiger partial charge is 0.235 e. The molecule has 1 aromatic carbocycles. The van der Waals surface area contributed by atoms with Crippen molar-refractivity contribution in [1.29, 1.82) is 0 Å². The van der Waals surface area contributed by atoms with Crippen molar-refractivity contribution in [2.45, 2.75) is 13.3 Å². The molecule has 5 nitrogen and oxygen atoms in total. The lowest BCUT2D eigenvalue weighted by atomic mass is 9.63. The second-order valence-corrected chi connectivity index (χ2v) is 7.82. The SMILES string of the molecule is CC(=O)N(CN1C(=O)[C@@H]2[C@@H]3C=C[C@H]([C@@H]4C[C@H]34)[C@@H]2C1=O)c1ccc(F)cc1. The molecule has 4 aliphatic carbocycles. The van der Waals surface area contributed by atoms with E-state index in [4.69, 9.17) is 0 Å². The normalized spacial score (nSPS) is 36.2. The van der Waals surface area contributed by atoms with E-state index in [1.54, 1.807) is 0 Å². The minimum Gasteiger partial charge on any atom is -0.294 e. The van der Waals surface area contributed by atoms with E-state index < -0.39 is 5.82 Å². The van der Waals surface area contributed by atoms with Crippen LogP contribution in [0.15, 0.2) is 36.4 Å². The van der Waals surface area contributed by atoms with Crippen molar-refractivity contribution in [1.82, 2.24) is 4.90 Å². The van der Waals surface area contributed by atoms with Gasteiger partial charge in [-0.2, -0.15) is 0 Å². The van der Waals surface area contributed by atoms with Crippen LogP contribution in [0.3, 0.4) is 0 Å². The second kappa shape index (κ2) is 5.25. The van der Waals surface area contributed by atoms with Crippen molar-refractivity contribution >= 4 is 23.4 Å². The minimum absolute atomic E-state index is 0.111. The lowest BCUT2D eigenvalue weighted by Crippen LogP contribution is -2.44. The van der Waals surface area contributed by atoms with Crippen LogP contribution in [0, 0.1) is 41.3 Å². The summed E-state index contributed by atoms with van der Waals surface area (Å²) >= 11 is 0. The summed E-state index contributed by atoms with van der Waals surface area (Å²) in [5.74, 6) is -0.175. The Morgan fingerprint density at radius 1 is 1.08 bits per heavy atom. The Balaban J connectivity index is 1.44. The van der Waals surface area contributed by atoms with Crippen LogP contribution in [-0.4, -0.2) is 29.3 Å². The highest BCUT2D eigenvalue weighted by molar-refractivity contribution is 6.07. The van der Waals surface area contributed by atoms with Gasteiger partial charge in [-0.1, -0.05) is 12.2 Å². The zero-order chi connectivity index (χ0) is 18.2. The molecule has 0 N–H and O–H groups in total. The molecule has 134 valence electrons. The first-order valence-corrected chi connectivity index (χ1v) is 9.04. The number of benzene rings is 1. The van der Waals surface area contributed by atoms with Crippen molar-refractivity contribution in [3.05, 3.63) is 42.2 Å². The number of imide groups is 1. The molecule has 3 amide bonds. The van der Waals surface area contributed by atoms with Crippen molar-refractivity contribution in [3.63, 3.8) is 0 Å². The Hall–Kier alpha value is -2.50. The fourth-order valence-corrected chi connectivity index (χ4v) is 5.28. The third kappa shape index (κ3) is 2.04. The average Bonchev–Trinajstić information content (AvgIpc) is 3.40. The van der Waals surface area contributed by atoms with Gasteiger partial charge in [-0.3, -0.25) is 24.2 Å². The monoisotopic (exact) mass is 354 g/mol. The zero-order valence-electron chi connectivity index (χ0n) is 14.3. The minimum atomic E-state index is -0.404. The van der Waals surface area contributed by atoms with Gasteiger partial charge in [0.15, 0.2) is 0 Å². The first-order chi connectivity index (χ1) is 12.5. The van der Waals surface area contributed by atoms with Gasteiger partial charge < -0.3 is 0 Å². The van der Waals surface area contributed by atoms with Crippen LogP contribution >= 0.6 is 0 Å². The fourth-order valence-electron chi connectivity index (χ4n) is 5.28. The van der Waals surface area contributed by atoms with E-state index in [9.17, 15) is 18.8 Å². The predicted octanol–water partition coefficient (Wildman–Crippen LogP) is 2.19. The summed E-state index contributed by atoms with van der Waals surface area (Å²) in [5, 5.41) is 0. The largest absolute Gasteiger partial charge is 0.294 e. The van der Waals surface area contributed by atoms with Crippen molar-refractivity contribution in [2.75, 3.05) is 11.6 Å². The molecule has 6 heteroatoms. The molecule has 0 spiro atoms. The molecule has 3 fully saturated rings. The summed E-state index contributed by atoms with van der Waals surface area (Å²) in [6.07, 6.45) is 5.36. The Morgan fingerprint density at radius 2 is 1.62 bits per heavy atom. The van der Waals surface area contributed by atoms with Crippen LogP contribution in [-0.2, 0) is 14.4 Å². The van der Waals surface area contributed by atoms with E-state index in [0.717, 1.165) is 6.42 Å². The summed E-state index contributed by atoms with van der Waals surface area (Å²) in [4.78, 5) is 40.7. The average molecular weight is 354 g/mol. The number of allylic oxidation sites excluding steroid dienone is 2. The Morgan fingerprint density at radius 3 is 2.12 bits per heavy atom. The number of rotatable bonds is 3. The van der Waals surface area contributed by atoms with Crippen molar-refractivity contribution in [2.24, 2.45) is 35.5 Å². The third-order valence-corrected chi connectivity index (χ3v) is 6.56. The van der Waals surface area contributed by atoms with Crippen LogP contribution in [0.5, 0.6) is 0 Å². The van der Waals surface area contributed by atoms with E-state index >= 15 is 0 Å². The van der Waals surface area contributed by atoms with Gasteiger partial charge in [0.25, 0.3) is 0 Å². The van der Waals surface area contributed by atoms with Gasteiger partial charge >= 0.3 is 0 Å². The lowest BCUT2D eigenvalue weighted by molar-refractivity contribution is -0.140. The molecule has 1 heterocycles. The van der Waals surface area contributed by atoms with Crippen LogP contribution in [0.25, 0.3) is 0 Å². The number of carbonyl (C=O) groups is 3. The van der Waals surface area contributed by atoms with Crippen LogP contribution < -0.4 is 4.90 Å². The van der Waals surface area contributed by atoms with Gasteiger partial charge in [0, 0.05) is 12.6 Å². The van der Waals surface area contributed by atoms with E-state index in [-0.39, 0.29) is 48.1 Å². The van der Waals surface area contributed by atoms with Gasteiger partial charge in [-0.15, -0.1) is 0 Å². The molecular formula is C20H19FN2O3. The fraction of sp³-hybridized carbons (Fsp3) is 0.450. The number of nitrogens with zero attached hydrogens (tertiary/aromatic N) is 2. The van der Waals surface area contributed by atoms with Crippen molar-refractivity contribution < 1.29 is 18.8 Å². The summed E-state index contributed by atoms with van der Waals surface area (Å²) in [6.45, 7) is 1.27. The highest BCUT2D eigenvalue weighted by Crippen LogP contribution is 2.65. The highest BCUT2D eigenvalue weighted by Gasteiger charge is 2.67. The van der Waals surface area contributed by atoms with Crippen LogP contribution in [0.4, 0.5) is 10.1 Å². The Kier molecular flexibility index (Phi) is 3.18. The number of likely N-dealkylation sites (tertiary alicyclic amines) is 1. The first kappa shape index (κ1) is 15.7. The molecular weight excluding hydrogens is 335 g/mol. The van der Waals surface area contributed by atoms with Gasteiger partial charge in [0.2, 0.25) is 17.7 Å². The Labute approximate surface area is 150 Å². The second-order valence-electron chi connectivity index (χ2n) is 7.82. The molecule has 1 aromatic rings. The number of hydrogen-bond donors (Lipinski definition) is 0. The highest BCUT2D eigenvalue weighted by atomic mass is 19.1. The maximum absolute atomic E-state index is 13.2. The Bertz CT molecular complexity index is 813. The van der Waals surface area contributed by atoms with Crippen LogP contribution in [0.2, 0.25) is 0 Å². The molecule has 5 aliphatic rings. The van der Waals surface area contributed by atoms with Gasteiger partial charge in [-0.05, 0) is 54.4 Å². The standard InChI is InChI=1S/C20H19FN2O3/c1-10(24)22(12-4-2-11(21)3-5-12)9-23-19(25)17-13-6-7-14(16-8-15(13)16)18(17)20(23)26/h2-7,13-18H,8-9H2,1H3/t13-,14-,15-,16+,17-,18+/m1/s1. The summed E-state index contributed by atoms with van der Waals surface area (Å²) in [7, 11) is 0. The lowest BCUT2D eigenvalue weighted by Gasteiger charge is -2.37. The first-order valence-electron chi connectivity index (χ1n) is 9.04. The molecule has 0 unspecified atom stereocenters. The molecule has 0 aromatic heterocycles. The molecule has 2 bridgehead atoms.